The third-order valence-corrected chi connectivity index (χ3v) is 10.5. The number of benzene rings is 5. The summed E-state index contributed by atoms with van der Waals surface area (Å²) in [6, 6.07) is 19.5. The maximum atomic E-state index is 13.4. The molecule has 0 aliphatic carbocycles. The second-order valence-corrected chi connectivity index (χ2v) is 15.2. The molecular weight excluding hydrogens is 886 g/mol. The van der Waals surface area contributed by atoms with Crippen molar-refractivity contribution in [3.8, 4) is 0 Å². The highest BCUT2D eigenvalue weighted by atomic mass is 35.5. The highest BCUT2D eigenvalue weighted by molar-refractivity contribution is 6.39. The molecule has 20 heteroatoms. The summed E-state index contributed by atoms with van der Waals surface area (Å²) in [5, 5.41) is 21.2. The van der Waals surface area contributed by atoms with Gasteiger partial charge in [-0.25, -0.2) is 9.80 Å². The fraction of sp³-hybridized carbons (Fsp3) is 0.0952. The van der Waals surface area contributed by atoms with Crippen LogP contribution in [0.3, 0.4) is 0 Å². The topological polar surface area (TPSA) is 217 Å². The Balaban J connectivity index is 1.05. The van der Waals surface area contributed by atoms with Crippen molar-refractivity contribution < 1.29 is 38.4 Å². The number of azo groups is 2. The lowest BCUT2D eigenvalue weighted by atomic mass is 10.1. The number of rotatable bonds is 12. The van der Waals surface area contributed by atoms with Crippen LogP contribution in [-0.4, -0.2) is 59.1 Å². The van der Waals surface area contributed by atoms with E-state index in [0.717, 1.165) is 35.8 Å². The standard InChI is InChI=1S/C42H26Cl4N8O8/c1-19(55)35(51-49-29-7-3-5-25-33(29)41(61)53(39(25)59)23-13-9-21(43)10-14-23)37(57)47-31-17-28(46)32(18-27(31)45)48-38(58)36(20(2)56)52-50-30-8-4-6-26-34(30)42(62)54(40(26)60)24-15-11-22(44)12-16-24/h3-18,35-36H,1-2H3,(H,47,57)(H,48,58). The van der Waals surface area contributed by atoms with Crippen molar-refractivity contribution in [2.24, 2.45) is 20.5 Å². The number of hydrogen-bond donors (Lipinski definition) is 2. The van der Waals surface area contributed by atoms with Gasteiger partial charge in [0.05, 0.1) is 66.4 Å². The van der Waals surface area contributed by atoms with Gasteiger partial charge in [0.1, 0.15) is 0 Å². The summed E-state index contributed by atoms with van der Waals surface area (Å²) in [4.78, 5) is 107. The van der Waals surface area contributed by atoms with Gasteiger partial charge in [-0.2, -0.15) is 20.5 Å². The summed E-state index contributed by atoms with van der Waals surface area (Å²) < 4.78 is 0. The van der Waals surface area contributed by atoms with Crippen LogP contribution in [-0.2, 0) is 19.2 Å². The van der Waals surface area contributed by atoms with Crippen molar-refractivity contribution in [2.45, 2.75) is 25.9 Å². The Morgan fingerprint density at radius 3 is 1.21 bits per heavy atom. The lowest BCUT2D eigenvalue weighted by molar-refractivity contribution is -0.127. The molecule has 2 heterocycles. The van der Waals surface area contributed by atoms with E-state index in [9.17, 15) is 38.4 Å². The minimum atomic E-state index is -1.75. The number of imide groups is 2. The number of Topliss-reactive ketones (excluding diaryl/α,β-unsaturated/α-hetero) is 2. The molecule has 62 heavy (non-hydrogen) atoms. The number of ketones is 2. The fourth-order valence-electron chi connectivity index (χ4n) is 6.37. The summed E-state index contributed by atoms with van der Waals surface area (Å²) in [5.74, 6) is -6.10. The zero-order valence-corrected chi connectivity index (χ0v) is 34.9. The van der Waals surface area contributed by atoms with Crippen LogP contribution in [0.2, 0.25) is 20.1 Å². The first-order valence-electron chi connectivity index (χ1n) is 18.0. The van der Waals surface area contributed by atoms with Crippen molar-refractivity contribution in [2.75, 3.05) is 20.4 Å². The molecule has 0 fully saturated rings. The maximum Gasteiger partial charge on any atom is 0.268 e. The monoisotopic (exact) mass is 910 g/mol. The van der Waals surface area contributed by atoms with Crippen molar-refractivity contribution >= 4 is 128 Å². The van der Waals surface area contributed by atoms with Crippen molar-refractivity contribution in [3.05, 3.63) is 139 Å². The first kappa shape index (κ1) is 43.1. The van der Waals surface area contributed by atoms with E-state index in [1.54, 1.807) is 0 Å². The fourth-order valence-corrected chi connectivity index (χ4v) is 7.04. The zero-order chi connectivity index (χ0) is 44.6. The number of carbonyl (C=O) groups excluding carboxylic acids is 8. The summed E-state index contributed by atoms with van der Waals surface area (Å²) in [5.41, 5.74) is 0.0794. The molecular formula is C42H26Cl4N8O8. The van der Waals surface area contributed by atoms with Crippen LogP contribution in [0.15, 0.2) is 118 Å². The van der Waals surface area contributed by atoms with E-state index in [2.05, 4.69) is 31.1 Å². The number of anilines is 4. The van der Waals surface area contributed by atoms with E-state index in [-0.39, 0.29) is 66.4 Å². The Morgan fingerprint density at radius 1 is 0.516 bits per heavy atom. The zero-order valence-electron chi connectivity index (χ0n) is 31.9. The van der Waals surface area contributed by atoms with Crippen LogP contribution < -0.4 is 20.4 Å². The Bertz CT molecular complexity index is 2660. The van der Waals surface area contributed by atoms with Crippen LogP contribution in [0.25, 0.3) is 0 Å². The van der Waals surface area contributed by atoms with Gasteiger partial charge in [0.25, 0.3) is 35.4 Å². The molecule has 0 spiro atoms. The molecule has 5 aromatic rings. The van der Waals surface area contributed by atoms with Crippen LogP contribution >= 0.6 is 46.4 Å². The van der Waals surface area contributed by atoms with Crippen molar-refractivity contribution in [1.82, 2.24) is 0 Å². The Labute approximate surface area is 370 Å². The van der Waals surface area contributed by atoms with Gasteiger partial charge in [-0.15, -0.1) is 0 Å². The highest BCUT2D eigenvalue weighted by Gasteiger charge is 2.40. The molecule has 6 amide bonds. The number of nitrogens with one attached hydrogen (secondary N) is 2. The van der Waals surface area contributed by atoms with E-state index in [4.69, 9.17) is 46.4 Å². The van der Waals surface area contributed by atoms with Gasteiger partial charge in [0.2, 0.25) is 12.1 Å². The lowest BCUT2D eigenvalue weighted by Gasteiger charge is -2.15. The summed E-state index contributed by atoms with van der Waals surface area (Å²) >= 11 is 24.8. The van der Waals surface area contributed by atoms with Crippen molar-refractivity contribution in [1.29, 1.82) is 0 Å². The Kier molecular flexibility index (Phi) is 12.2. The molecule has 2 aliphatic heterocycles. The van der Waals surface area contributed by atoms with Gasteiger partial charge >= 0.3 is 0 Å². The molecule has 2 atom stereocenters. The molecule has 16 nitrogen and oxygen atoms in total. The predicted molar refractivity (Wildman–Crippen MR) is 230 cm³/mol. The molecule has 0 saturated heterocycles. The molecule has 0 bridgehead atoms. The van der Waals surface area contributed by atoms with Gasteiger partial charge < -0.3 is 10.6 Å². The molecule has 310 valence electrons. The molecule has 7 rings (SSSR count). The molecule has 2 unspecified atom stereocenters. The maximum absolute atomic E-state index is 13.4. The van der Waals surface area contributed by atoms with Crippen LogP contribution in [0.4, 0.5) is 34.1 Å². The number of amides is 6. The van der Waals surface area contributed by atoms with E-state index in [0.29, 0.717) is 10.0 Å². The largest absolute Gasteiger partial charge is 0.322 e. The average Bonchev–Trinajstić information content (AvgIpc) is 3.64. The number of carbonyl (C=O) groups is 8. The molecule has 5 aromatic carbocycles. The van der Waals surface area contributed by atoms with Crippen molar-refractivity contribution in [3.63, 3.8) is 0 Å². The quantitative estimate of drug-likeness (QED) is 0.0697. The molecule has 0 saturated carbocycles. The Hall–Kier alpha value is -6.98. The third-order valence-electron chi connectivity index (χ3n) is 9.36. The molecule has 0 aromatic heterocycles. The third kappa shape index (κ3) is 8.36. The van der Waals surface area contributed by atoms with Gasteiger partial charge in [-0.05, 0) is 98.8 Å². The minimum absolute atomic E-state index is 0.0346. The molecule has 0 radical (unpaired) electrons. The average molecular weight is 913 g/mol. The minimum Gasteiger partial charge on any atom is -0.322 e. The summed E-state index contributed by atoms with van der Waals surface area (Å²) in [6.45, 7) is 2.17. The van der Waals surface area contributed by atoms with E-state index in [1.165, 1.54) is 84.9 Å². The predicted octanol–water partition coefficient (Wildman–Crippen LogP) is 9.26. The van der Waals surface area contributed by atoms with Crippen LogP contribution in [0.5, 0.6) is 0 Å². The van der Waals surface area contributed by atoms with E-state index in [1.807, 2.05) is 0 Å². The Morgan fingerprint density at radius 2 is 0.871 bits per heavy atom. The van der Waals surface area contributed by atoms with Gasteiger partial charge in [0, 0.05) is 10.0 Å². The summed E-state index contributed by atoms with van der Waals surface area (Å²) in [7, 11) is 0. The number of nitrogens with zero attached hydrogens (tertiary/aromatic N) is 6. The number of halogens is 4. The molecule has 2 aliphatic rings. The first-order chi connectivity index (χ1) is 29.5. The van der Waals surface area contributed by atoms with Gasteiger partial charge in [-0.3, -0.25) is 38.4 Å². The SMILES string of the molecule is CC(=O)C(N=Nc1cccc2c1C(=O)N(c1ccc(Cl)cc1)C2=O)C(=O)Nc1cc(Cl)c(NC(=O)C(N=Nc2cccc3c2C(=O)N(c2ccc(Cl)cc2)C3=O)C(C)=O)cc1Cl. The van der Waals surface area contributed by atoms with E-state index < -0.39 is 59.1 Å². The second kappa shape index (κ2) is 17.6. The lowest BCUT2D eigenvalue weighted by Crippen LogP contribution is -2.32. The normalized spacial score (nSPS) is 14.4. The smallest absolute Gasteiger partial charge is 0.268 e. The second-order valence-electron chi connectivity index (χ2n) is 13.5. The summed E-state index contributed by atoms with van der Waals surface area (Å²) in [6.07, 6.45) is 0. The van der Waals surface area contributed by atoms with Crippen LogP contribution in [0.1, 0.15) is 55.3 Å². The highest BCUT2D eigenvalue weighted by Crippen LogP contribution is 2.38. The van der Waals surface area contributed by atoms with E-state index >= 15 is 0 Å². The molecule has 2 N–H and O–H groups in total. The first-order valence-corrected chi connectivity index (χ1v) is 19.5. The number of fused-ring (bicyclic) bond motifs is 2. The number of hydrogen-bond acceptors (Lipinski definition) is 12. The van der Waals surface area contributed by atoms with Crippen LogP contribution in [0, 0.1) is 0 Å². The van der Waals surface area contributed by atoms with Gasteiger partial charge in [-0.1, -0.05) is 58.5 Å². The van der Waals surface area contributed by atoms with Gasteiger partial charge in [0.15, 0.2) is 11.6 Å².